The first-order chi connectivity index (χ1) is 13.5. The Morgan fingerprint density at radius 3 is 2.57 bits per heavy atom. The summed E-state index contributed by atoms with van der Waals surface area (Å²) in [6, 6.07) is 16.4. The van der Waals surface area contributed by atoms with Crippen LogP contribution in [0.15, 0.2) is 48.5 Å². The number of benzene rings is 2. The molecule has 1 saturated heterocycles. The van der Waals surface area contributed by atoms with Crippen LogP contribution in [0.25, 0.3) is 11.1 Å². The third-order valence-electron chi connectivity index (χ3n) is 5.67. The van der Waals surface area contributed by atoms with Crippen LogP contribution in [-0.4, -0.2) is 42.0 Å². The molecule has 0 bridgehead atoms. The van der Waals surface area contributed by atoms with E-state index in [4.69, 9.17) is 10.5 Å². The van der Waals surface area contributed by atoms with Crippen LogP contribution in [0, 0.1) is 12.8 Å². The average molecular weight is 378 g/mol. The number of nitrogens with zero attached hydrogens (tertiary/aromatic N) is 1. The van der Waals surface area contributed by atoms with Crippen molar-refractivity contribution < 1.29 is 14.3 Å². The van der Waals surface area contributed by atoms with Crippen molar-refractivity contribution in [3.05, 3.63) is 59.7 Å². The molecule has 0 radical (unpaired) electrons. The highest BCUT2D eigenvalue weighted by Gasteiger charge is 2.45. The Labute approximate surface area is 165 Å². The number of carbonyl (C=O) groups excluding carboxylic acids is 2. The molecule has 5 nitrogen and oxygen atoms in total. The first-order valence-corrected chi connectivity index (χ1v) is 9.85. The SMILES string of the molecule is Cc1ccc(-c2cccc(C[C@@]3(C(N)=O)CN(C(=O)C4CC4)CCO3)c2)cc1. The van der Waals surface area contributed by atoms with Crippen LogP contribution in [0.3, 0.4) is 0 Å². The molecule has 2 aliphatic rings. The van der Waals surface area contributed by atoms with Gasteiger partial charge in [0.2, 0.25) is 5.91 Å². The van der Waals surface area contributed by atoms with Crippen molar-refractivity contribution in [1.29, 1.82) is 0 Å². The van der Waals surface area contributed by atoms with E-state index < -0.39 is 11.5 Å². The zero-order chi connectivity index (χ0) is 19.7. The minimum Gasteiger partial charge on any atom is -0.367 e. The fraction of sp³-hybridized carbons (Fsp3) is 0.391. The van der Waals surface area contributed by atoms with Gasteiger partial charge in [-0.2, -0.15) is 0 Å². The molecule has 2 N–H and O–H groups in total. The molecule has 2 aromatic carbocycles. The Morgan fingerprint density at radius 2 is 1.89 bits per heavy atom. The fourth-order valence-electron chi connectivity index (χ4n) is 3.84. The van der Waals surface area contributed by atoms with E-state index in [1.807, 2.05) is 12.1 Å². The fourth-order valence-corrected chi connectivity index (χ4v) is 3.84. The van der Waals surface area contributed by atoms with Gasteiger partial charge in [-0.1, -0.05) is 54.1 Å². The number of primary amides is 1. The van der Waals surface area contributed by atoms with Crippen LogP contribution in [0.4, 0.5) is 0 Å². The second kappa shape index (κ2) is 7.40. The summed E-state index contributed by atoms with van der Waals surface area (Å²) < 4.78 is 5.90. The topological polar surface area (TPSA) is 72.6 Å². The second-order valence-electron chi connectivity index (χ2n) is 7.98. The molecule has 2 fully saturated rings. The van der Waals surface area contributed by atoms with Crippen molar-refractivity contribution in [2.45, 2.75) is 31.8 Å². The van der Waals surface area contributed by atoms with E-state index in [0.29, 0.717) is 19.6 Å². The van der Waals surface area contributed by atoms with E-state index in [1.54, 1.807) is 4.90 Å². The van der Waals surface area contributed by atoms with Crippen molar-refractivity contribution >= 4 is 11.8 Å². The maximum Gasteiger partial charge on any atom is 0.251 e. The number of ether oxygens (including phenoxy) is 1. The van der Waals surface area contributed by atoms with Crippen LogP contribution in [0.2, 0.25) is 0 Å². The smallest absolute Gasteiger partial charge is 0.251 e. The summed E-state index contributed by atoms with van der Waals surface area (Å²) in [7, 11) is 0. The number of rotatable bonds is 5. The van der Waals surface area contributed by atoms with Gasteiger partial charge in [0.25, 0.3) is 5.91 Å². The number of nitrogens with two attached hydrogens (primary N) is 1. The van der Waals surface area contributed by atoms with Gasteiger partial charge in [0.05, 0.1) is 13.2 Å². The molecule has 2 aromatic rings. The summed E-state index contributed by atoms with van der Waals surface area (Å²) >= 11 is 0. The van der Waals surface area contributed by atoms with E-state index in [0.717, 1.165) is 29.5 Å². The third-order valence-corrected chi connectivity index (χ3v) is 5.67. The van der Waals surface area contributed by atoms with E-state index in [1.165, 1.54) is 5.56 Å². The number of amides is 2. The first-order valence-electron chi connectivity index (χ1n) is 9.85. The predicted octanol–water partition coefficient (Wildman–Crippen LogP) is 2.70. The van der Waals surface area contributed by atoms with Gasteiger partial charge >= 0.3 is 0 Å². The molecular formula is C23H26N2O3. The van der Waals surface area contributed by atoms with Crippen LogP contribution in [-0.2, 0) is 20.7 Å². The molecule has 4 rings (SSSR count). The summed E-state index contributed by atoms with van der Waals surface area (Å²) in [6.45, 7) is 3.14. The van der Waals surface area contributed by atoms with E-state index in [2.05, 4.69) is 43.3 Å². The van der Waals surface area contributed by atoms with Gasteiger partial charge in [-0.3, -0.25) is 9.59 Å². The highest BCUT2D eigenvalue weighted by Crippen LogP contribution is 2.33. The quantitative estimate of drug-likeness (QED) is 0.869. The van der Waals surface area contributed by atoms with E-state index in [9.17, 15) is 9.59 Å². The number of carbonyl (C=O) groups is 2. The molecule has 28 heavy (non-hydrogen) atoms. The first kappa shape index (κ1) is 18.7. The Morgan fingerprint density at radius 1 is 1.14 bits per heavy atom. The summed E-state index contributed by atoms with van der Waals surface area (Å²) in [6.07, 6.45) is 2.24. The van der Waals surface area contributed by atoms with E-state index >= 15 is 0 Å². The third kappa shape index (κ3) is 3.80. The summed E-state index contributed by atoms with van der Waals surface area (Å²) in [5, 5.41) is 0. The van der Waals surface area contributed by atoms with Crippen molar-refractivity contribution in [3.8, 4) is 11.1 Å². The number of hydrogen-bond acceptors (Lipinski definition) is 3. The highest BCUT2D eigenvalue weighted by molar-refractivity contribution is 5.87. The van der Waals surface area contributed by atoms with Crippen molar-refractivity contribution in [1.82, 2.24) is 4.90 Å². The Balaban J connectivity index is 1.58. The Bertz CT molecular complexity index is 889. The Kier molecular flexibility index (Phi) is 4.94. The van der Waals surface area contributed by atoms with Gasteiger partial charge < -0.3 is 15.4 Å². The van der Waals surface area contributed by atoms with Gasteiger partial charge in [-0.15, -0.1) is 0 Å². The number of aryl methyl sites for hydroxylation is 1. The Hall–Kier alpha value is -2.66. The molecule has 0 unspecified atom stereocenters. The molecular weight excluding hydrogens is 352 g/mol. The minimum absolute atomic E-state index is 0.119. The monoisotopic (exact) mass is 378 g/mol. The van der Waals surface area contributed by atoms with Gasteiger partial charge in [0.15, 0.2) is 5.60 Å². The summed E-state index contributed by atoms with van der Waals surface area (Å²) in [5.74, 6) is -0.266. The lowest BCUT2D eigenvalue weighted by Gasteiger charge is -2.41. The zero-order valence-corrected chi connectivity index (χ0v) is 16.2. The lowest BCUT2D eigenvalue weighted by molar-refractivity contribution is -0.164. The molecule has 1 aliphatic carbocycles. The lowest BCUT2D eigenvalue weighted by atomic mass is 9.90. The highest BCUT2D eigenvalue weighted by atomic mass is 16.5. The molecule has 5 heteroatoms. The predicted molar refractivity (Wildman–Crippen MR) is 108 cm³/mol. The van der Waals surface area contributed by atoms with E-state index in [-0.39, 0.29) is 18.4 Å². The number of morpholine rings is 1. The molecule has 1 aliphatic heterocycles. The molecule has 146 valence electrons. The van der Waals surface area contributed by atoms with Gasteiger partial charge in [0, 0.05) is 18.9 Å². The summed E-state index contributed by atoms with van der Waals surface area (Å²) in [5.41, 5.74) is 8.98. The normalized spacial score (nSPS) is 22.1. The second-order valence-corrected chi connectivity index (χ2v) is 7.98. The zero-order valence-electron chi connectivity index (χ0n) is 16.2. The lowest BCUT2D eigenvalue weighted by Crippen LogP contribution is -2.61. The molecule has 1 heterocycles. The summed E-state index contributed by atoms with van der Waals surface area (Å²) in [4.78, 5) is 26.7. The number of hydrogen-bond donors (Lipinski definition) is 1. The van der Waals surface area contributed by atoms with Crippen LogP contribution in [0.1, 0.15) is 24.0 Å². The van der Waals surface area contributed by atoms with Crippen LogP contribution >= 0.6 is 0 Å². The average Bonchev–Trinajstić information content (AvgIpc) is 3.53. The van der Waals surface area contributed by atoms with Gasteiger partial charge in [-0.25, -0.2) is 0 Å². The van der Waals surface area contributed by atoms with Crippen molar-refractivity contribution in [3.63, 3.8) is 0 Å². The van der Waals surface area contributed by atoms with Gasteiger partial charge in [0.1, 0.15) is 0 Å². The van der Waals surface area contributed by atoms with Gasteiger partial charge in [-0.05, 0) is 36.5 Å². The molecule has 1 atom stereocenters. The maximum absolute atomic E-state index is 12.5. The standard InChI is InChI=1S/C23H26N2O3/c1-16-5-7-18(8-6-16)20-4-2-3-17(13-20)14-23(22(24)27)15-25(11-12-28-23)21(26)19-9-10-19/h2-8,13,19H,9-12,14-15H2,1H3,(H2,24,27)/t23-/m0/s1. The largest absolute Gasteiger partial charge is 0.367 e. The van der Waals surface area contributed by atoms with Crippen LogP contribution < -0.4 is 5.73 Å². The van der Waals surface area contributed by atoms with Crippen LogP contribution in [0.5, 0.6) is 0 Å². The molecule has 0 spiro atoms. The van der Waals surface area contributed by atoms with Crippen molar-refractivity contribution in [2.75, 3.05) is 19.7 Å². The van der Waals surface area contributed by atoms with Crippen molar-refractivity contribution in [2.24, 2.45) is 11.7 Å². The molecule has 2 amide bonds. The minimum atomic E-state index is -1.17. The molecule has 1 saturated carbocycles. The maximum atomic E-state index is 12.5. The molecule has 0 aromatic heterocycles.